The standard InChI is InChI=1S/C8H4BrF3N2/c9-5-2-7-4(1-6(5)10)3-13-14(7)8(11)12/h1-3,8H. The van der Waals surface area contributed by atoms with E-state index in [1.165, 1.54) is 12.3 Å². The van der Waals surface area contributed by atoms with Crippen molar-refractivity contribution in [3.63, 3.8) is 0 Å². The number of hydrogen-bond donors (Lipinski definition) is 0. The molecular weight excluding hydrogens is 261 g/mol. The van der Waals surface area contributed by atoms with Gasteiger partial charge in [-0.25, -0.2) is 9.07 Å². The van der Waals surface area contributed by atoms with Gasteiger partial charge in [0.1, 0.15) is 5.82 Å². The fourth-order valence-electron chi connectivity index (χ4n) is 1.20. The molecule has 0 saturated carbocycles. The van der Waals surface area contributed by atoms with Crippen molar-refractivity contribution in [2.45, 2.75) is 6.55 Å². The predicted octanol–water partition coefficient (Wildman–Crippen LogP) is 3.33. The van der Waals surface area contributed by atoms with Gasteiger partial charge in [0.15, 0.2) is 0 Å². The molecule has 2 aromatic rings. The number of aromatic nitrogens is 2. The molecule has 0 unspecified atom stereocenters. The maximum Gasteiger partial charge on any atom is 0.333 e. The number of halogens is 4. The third-order valence-electron chi connectivity index (χ3n) is 1.82. The van der Waals surface area contributed by atoms with E-state index in [9.17, 15) is 13.2 Å². The number of nitrogens with zero attached hydrogens (tertiary/aromatic N) is 2. The van der Waals surface area contributed by atoms with Crippen molar-refractivity contribution >= 4 is 26.8 Å². The first-order valence-electron chi connectivity index (χ1n) is 3.70. The highest BCUT2D eigenvalue weighted by Gasteiger charge is 2.13. The zero-order valence-corrected chi connectivity index (χ0v) is 8.30. The van der Waals surface area contributed by atoms with Crippen molar-refractivity contribution in [3.05, 3.63) is 28.6 Å². The van der Waals surface area contributed by atoms with E-state index in [-0.39, 0.29) is 9.99 Å². The molecule has 0 saturated heterocycles. The monoisotopic (exact) mass is 264 g/mol. The Morgan fingerprint density at radius 3 is 2.71 bits per heavy atom. The fraction of sp³-hybridized carbons (Fsp3) is 0.125. The van der Waals surface area contributed by atoms with E-state index in [0.29, 0.717) is 10.1 Å². The molecule has 6 heteroatoms. The summed E-state index contributed by atoms with van der Waals surface area (Å²) in [5, 5.41) is 3.81. The van der Waals surface area contributed by atoms with Gasteiger partial charge in [0, 0.05) is 5.39 Å². The highest BCUT2D eigenvalue weighted by Crippen LogP contribution is 2.25. The Morgan fingerprint density at radius 1 is 1.36 bits per heavy atom. The van der Waals surface area contributed by atoms with E-state index < -0.39 is 12.4 Å². The maximum absolute atomic E-state index is 13.0. The quantitative estimate of drug-likeness (QED) is 0.773. The summed E-state index contributed by atoms with van der Waals surface area (Å²) in [6.07, 6.45) is 1.21. The number of hydrogen-bond acceptors (Lipinski definition) is 1. The Labute approximate surface area is 85.4 Å². The third-order valence-corrected chi connectivity index (χ3v) is 2.43. The second-order valence-corrected chi connectivity index (χ2v) is 3.55. The lowest BCUT2D eigenvalue weighted by Gasteiger charge is -2.01. The zero-order valence-electron chi connectivity index (χ0n) is 6.72. The van der Waals surface area contributed by atoms with Gasteiger partial charge in [0.05, 0.1) is 16.2 Å². The SMILES string of the molecule is Fc1cc2cnn(C(F)F)c2cc1Br. The summed E-state index contributed by atoms with van der Waals surface area (Å²) in [7, 11) is 0. The molecule has 14 heavy (non-hydrogen) atoms. The summed E-state index contributed by atoms with van der Waals surface area (Å²) in [6.45, 7) is -2.72. The Morgan fingerprint density at radius 2 is 2.07 bits per heavy atom. The van der Waals surface area contributed by atoms with Crippen molar-refractivity contribution in [1.82, 2.24) is 9.78 Å². The van der Waals surface area contributed by atoms with Crippen LogP contribution in [-0.2, 0) is 0 Å². The van der Waals surface area contributed by atoms with Gasteiger partial charge < -0.3 is 0 Å². The van der Waals surface area contributed by atoms with Crippen molar-refractivity contribution in [3.8, 4) is 0 Å². The maximum atomic E-state index is 13.0. The van der Waals surface area contributed by atoms with Gasteiger partial charge in [0.25, 0.3) is 0 Å². The lowest BCUT2D eigenvalue weighted by molar-refractivity contribution is 0.0615. The van der Waals surface area contributed by atoms with Crippen LogP contribution in [0, 0.1) is 5.82 Å². The number of rotatable bonds is 1. The highest BCUT2D eigenvalue weighted by atomic mass is 79.9. The van der Waals surface area contributed by atoms with Gasteiger partial charge in [-0.1, -0.05) is 0 Å². The van der Waals surface area contributed by atoms with Gasteiger partial charge in [-0.15, -0.1) is 0 Å². The third kappa shape index (κ3) is 1.39. The molecule has 0 amide bonds. The van der Waals surface area contributed by atoms with Gasteiger partial charge in [0.2, 0.25) is 0 Å². The Balaban J connectivity index is 2.74. The predicted molar refractivity (Wildman–Crippen MR) is 48.6 cm³/mol. The van der Waals surface area contributed by atoms with E-state index in [1.54, 1.807) is 0 Å². The zero-order chi connectivity index (χ0) is 10.3. The molecule has 1 aromatic heterocycles. The van der Waals surface area contributed by atoms with E-state index in [1.807, 2.05) is 0 Å². The van der Waals surface area contributed by atoms with Crippen molar-refractivity contribution < 1.29 is 13.2 Å². The molecule has 74 valence electrons. The van der Waals surface area contributed by atoms with Crippen molar-refractivity contribution in [2.24, 2.45) is 0 Å². The topological polar surface area (TPSA) is 17.8 Å². The first kappa shape index (κ1) is 9.51. The number of fused-ring (bicyclic) bond motifs is 1. The van der Waals surface area contributed by atoms with Crippen LogP contribution in [0.5, 0.6) is 0 Å². The largest absolute Gasteiger partial charge is 0.333 e. The van der Waals surface area contributed by atoms with E-state index in [4.69, 9.17) is 0 Å². The molecule has 0 spiro atoms. The Kier molecular flexibility index (Phi) is 2.22. The summed E-state index contributed by atoms with van der Waals surface area (Å²) in [6, 6.07) is 2.44. The fourth-order valence-corrected chi connectivity index (χ4v) is 1.53. The highest BCUT2D eigenvalue weighted by molar-refractivity contribution is 9.10. The molecular formula is C8H4BrF3N2. The Bertz CT molecular complexity index is 481. The lowest BCUT2D eigenvalue weighted by Crippen LogP contribution is -1.99. The average Bonchev–Trinajstić information content (AvgIpc) is 2.48. The summed E-state index contributed by atoms with van der Waals surface area (Å²) in [5.74, 6) is -0.494. The van der Waals surface area contributed by atoms with Gasteiger partial charge in [-0.3, -0.25) is 0 Å². The molecule has 1 aromatic carbocycles. The molecule has 0 fully saturated rings. The number of benzene rings is 1. The average molecular weight is 265 g/mol. The van der Waals surface area contributed by atoms with Crippen LogP contribution in [0.1, 0.15) is 6.55 Å². The minimum atomic E-state index is -2.72. The smallest absolute Gasteiger partial charge is 0.206 e. The van der Waals surface area contributed by atoms with E-state index >= 15 is 0 Å². The summed E-state index contributed by atoms with van der Waals surface area (Å²) in [5.41, 5.74) is 0.202. The van der Waals surface area contributed by atoms with Crippen LogP contribution in [0.4, 0.5) is 13.2 Å². The number of alkyl halides is 2. The summed E-state index contributed by atoms with van der Waals surface area (Å²) in [4.78, 5) is 0. The van der Waals surface area contributed by atoms with Crippen LogP contribution < -0.4 is 0 Å². The minimum absolute atomic E-state index is 0.146. The van der Waals surface area contributed by atoms with Crippen LogP contribution in [0.25, 0.3) is 10.9 Å². The van der Waals surface area contributed by atoms with Gasteiger partial charge in [-0.2, -0.15) is 13.9 Å². The van der Waals surface area contributed by atoms with Gasteiger partial charge in [-0.05, 0) is 28.1 Å². The van der Waals surface area contributed by atoms with Crippen molar-refractivity contribution in [2.75, 3.05) is 0 Å². The molecule has 0 aliphatic heterocycles. The molecule has 0 radical (unpaired) electrons. The lowest BCUT2D eigenvalue weighted by atomic mass is 10.2. The first-order valence-corrected chi connectivity index (χ1v) is 4.49. The Hall–Kier alpha value is -1.04. The van der Waals surface area contributed by atoms with E-state index in [2.05, 4.69) is 21.0 Å². The van der Waals surface area contributed by atoms with Crippen LogP contribution in [0.3, 0.4) is 0 Å². The minimum Gasteiger partial charge on any atom is -0.206 e. The first-order chi connectivity index (χ1) is 6.59. The summed E-state index contributed by atoms with van der Waals surface area (Å²) < 4.78 is 38.4. The molecule has 0 atom stereocenters. The molecule has 0 bridgehead atoms. The van der Waals surface area contributed by atoms with Crippen LogP contribution in [0.15, 0.2) is 22.8 Å². The molecule has 0 aliphatic carbocycles. The van der Waals surface area contributed by atoms with Crippen LogP contribution in [0.2, 0.25) is 0 Å². The van der Waals surface area contributed by atoms with E-state index in [0.717, 1.165) is 6.07 Å². The normalized spacial score (nSPS) is 11.5. The second-order valence-electron chi connectivity index (χ2n) is 2.69. The van der Waals surface area contributed by atoms with Crippen molar-refractivity contribution in [1.29, 1.82) is 0 Å². The van der Waals surface area contributed by atoms with Crippen LogP contribution >= 0.6 is 15.9 Å². The molecule has 2 rings (SSSR count). The molecule has 1 heterocycles. The van der Waals surface area contributed by atoms with Gasteiger partial charge >= 0.3 is 6.55 Å². The molecule has 0 aliphatic rings. The van der Waals surface area contributed by atoms with Crippen LogP contribution in [-0.4, -0.2) is 9.78 Å². The second kappa shape index (κ2) is 3.27. The molecule has 2 nitrogen and oxygen atoms in total. The summed E-state index contributed by atoms with van der Waals surface area (Å²) >= 11 is 2.92. The molecule has 0 N–H and O–H groups in total.